The summed E-state index contributed by atoms with van der Waals surface area (Å²) in [5.41, 5.74) is 3.07. The predicted octanol–water partition coefficient (Wildman–Crippen LogP) is 1.69. The van der Waals surface area contributed by atoms with Crippen LogP contribution in [0.15, 0.2) is 54.6 Å². The largest absolute Gasteiger partial charge is 0.490 e. The summed E-state index contributed by atoms with van der Waals surface area (Å²) in [4.78, 5) is 0. The van der Waals surface area contributed by atoms with Crippen molar-refractivity contribution in [1.82, 2.24) is 0 Å². The highest BCUT2D eigenvalue weighted by Crippen LogP contribution is 2.17. The van der Waals surface area contributed by atoms with Gasteiger partial charge in [-0.3, -0.25) is 0 Å². The monoisotopic (exact) mass is 212 g/mol. The van der Waals surface area contributed by atoms with Crippen molar-refractivity contribution in [3.8, 4) is 11.1 Å². The Kier molecular flexibility index (Phi) is 3.39. The molecule has 2 aromatic carbocycles. The molecule has 0 saturated heterocycles. The van der Waals surface area contributed by atoms with Crippen molar-refractivity contribution in [3.05, 3.63) is 54.6 Å². The molecule has 0 radical (unpaired) electrons. The molecule has 0 fully saturated rings. The second-order valence-electron chi connectivity index (χ2n) is 3.58. The van der Waals surface area contributed by atoms with E-state index in [-0.39, 0.29) is 0 Å². The number of rotatable bonds is 3. The Morgan fingerprint density at radius 2 is 1.44 bits per heavy atom. The first kappa shape index (κ1) is 10.9. The van der Waals surface area contributed by atoms with Crippen LogP contribution >= 0.6 is 0 Å². The van der Waals surface area contributed by atoms with Gasteiger partial charge in [0.1, 0.15) is 0 Å². The van der Waals surface area contributed by atoms with Crippen molar-refractivity contribution in [2.45, 2.75) is 0 Å². The summed E-state index contributed by atoms with van der Waals surface area (Å²) in [5, 5.41) is 9.47. The first-order chi connectivity index (χ1) is 7.81. The maximum atomic E-state index is 9.47. The molecule has 0 unspecified atom stereocenters. The van der Waals surface area contributed by atoms with Crippen LogP contribution in [0.2, 0.25) is 0 Å². The molecule has 0 aliphatic carbocycles. The second-order valence-corrected chi connectivity index (χ2v) is 3.58. The minimum absolute atomic E-state index is 0.766. The van der Waals surface area contributed by atoms with Gasteiger partial charge in [-0.05, 0) is 16.6 Å². The molecule has 3 heteroatoms. The molecule has 0 bridgehead atoms. The van der Waals surface area contributed by atoms with E-state index in [1.165, 1.54) is 12.7 Å². The maximum absolute atomic E-state index is 9.47. The zero-order chi connectivity index (χ0) is 11.4. The summed E-state index contributed by atoms with van der Waals surface area (Å²) in [7, 11) is 0.639. The first-order valence-corrected chi connectivity index (χ1v) is 5.17. The topological polar surface area (TPSA) is 29.5 Å². The van der Waals surface area contributed by atoms with Crippen LogP contribution in [0.25, 0.3) is 11.1 Å². The Bertz CT molecular complexity index is 439. The Balaban J connectivity index is 2.26. The van der Waals surface area contributed by atoms with E-state index in [2.05, 4.69) is 12.1 Å². The molecular weight excluding hydrogens is 199 g/mol. The Hall–Kier alpha value is -1.58. The fraction of sp³-hybridized carbons (Fsp3) is 0.0769. The van der Waals surface area contributed by atoms with E-state index in [0.29, 0.717) is 0 Å². The van der Waals surface area contributed by atoms with Crippen molar-refractivity contribution in [2.75, 3.05) is 7.11 Å². The predicted molar refractivity (Wildman–Crippen MR) is 66.5 cm³/mol. The van der Waals surface area contributed by atoms with Gasteiger partial charge in [0.05, 0.1) is 0 Å². The smallest absolute Gasteiger partial charge is 0.423 e. The van der Waals surface area contributed by atoms with Crippen LogP contribution in [-0.4, -0.2) is 19.3 Å². The van der Waals surface area contributed by atoms with Gasteiger partial charge >= 0.3 is 7.12 Å². The summed E-state index contributed by atoms with van der Waals surface area (Å²) in [6.45, 7) is 0. The maximum Gasteiger partial charge on any atom is 0.490 e. The van der Waals surface area contributed by atoms with Gasteiger partial charge in [-0.25, -0.2) is 0 Å². The van der Waals surface area contributed by atoms with Crippen LogP contribution in [-0.2, 0) is 4.65 Å². The van der Waals surface area contributed by atoms with Gasteiger partial charge in [0, 0.05) is 7.11 Å². The Morgan fingerprint density at radius 1 is 0.875 bits per heavy atom. The Morgan fingerprint density at radius 3 is 2.00 bits per heavy atom. The zero-order valence-corrected chi connectivity index (χ0v) is 9.13. The highest BCUT2D eigenvalue weighted by molar-refractivity contribution is 6.59. The van der Waals surface area contributed by atoms with Crippen molar-refractivity contribution in [2.24, 2.45) is 0 Å². The van der Waals surface area contributed by atoms with Crippen molar-refractivity contribution < 1.29 is 9.68 Å². The van der Waals surface area contributed by atoms with Crippen molar-refractivity contribution >= 4 is 12.6 Å². The van der Waals surface area contributed by atoms with Gasteiger partial charge in [-0.1, -0.05) is 54.6 Å². The van der Waals surface area contributed by atoms with Gasteiger partial charge in [0.25, 0.3) is 0 Å². The molecule has 0 amide bonds. The van der Waals surface area contributed by atoms with Crippen molar-refractivity contribution in [3.63, 3.8) is 0 Å². The van der Waals surface area contributed by atoms with E-state index in [9.17, 15) is 5.02 Å². The third-order valence-electron chi connectivity index (χ3n) is 2.53. The van der Waals surface area contributed by atoms with Gasteiger partial charge < -0.3 is 9.68 Å². The molecule has 0 atom stereocenters. The quantitative estimate of drug-likeness (QED) is 0.784. The molecule has 0 heterocycles. The molecule has 0 aliphatic heterocycles. The highest BCUT2D eigenvalue weighted by Gasteiger charge is 2.13. The van der Waals surface area contributed by atoms with Crippen LogP contribution in [0, 0.1) is 0 Å². The third kappa shape index (κ3) is 2.32. The van der Waals surface area contributed by atoms with Gasteiger partial charge in [0.15, 0.2) is 0 Å². The second kappa shape index (κ2) is 4.97. The molecule has 2 nitrogen and oxygen atoms in total. The van der Waals surface area contributed by atoms with Gasteiger partial charge in [-0.2, -0.15) is 0 Å². The van der Waals surface area contributed by atoms with E-state index in [1.807, 2.05) is 42.5 Å². The van der Waals surface area contributed by atoms with E-state index in [0.717, 1.165) is 11.0 Å². The lowest BCUT2D eigenvalue weighted by Gasteiger charge is -2.05. The SMILES string of the molecule is COB(O)c1ccc(-c2ccccc2)cc1. The summed E-state index contributed by atoms with van der Waals surface area (Å²) in [6, 6.07) is 17.8. The lowest BCUT2D eigenvalue weighted by molar-refractivity contribution is 0.341. The Labute approximate surface area is 95.7 Å². The third-order valence-corrected chi connectivity index (χ3v) is 2.53. The van der Waals surface area contributed by atoms with E-state index in [1.54, 1.807) is 0 Å². The standard InChI is InChI=1S/C13H13BO2/c1-16-14(15)13-9-7-12(8-10-13)11-5-3-2-4-6-11/h2-10,15H,1H3. The number of benzene rings is 2. The fourth-order valence-corrected chi connectivity index (χ4v) is 1.61. The van der Waals surface area contributed by atoms with Gasteiger partial charge in [-0.15, -0.1) is 0 Å². The summed E-state index contributed by atoms with van der Waals surface area (Å²) >= 11 is 0. The van der Waals surface area contributed by atoms with Crippen molar-refractivity contribution in [1.29, 1.82) is 0 Å². The van der Waals surface area contributed by atoms with Gasteiger partial charge in [0.2, 0.25) is 0 Å². The first-order valence-electron chi connectivity index (χ1n) is 5.17. The molecule has 2 aromatic rings. The molecule has 0 aliphatic rings. The molecular formula is C13H13BO2. The molecule has 0 saturated carbocycles. The summed E-state index contributed by atoms with van der Waals surface area (Å²) in [6.07, 6.45) is 0. The van der Waals surface area contributed by atoms with E-state index < -0.39 is 7.12 Å². The van der Waals surface area contributed by atoms with E-state index >= 15 is 0 Å². The average molecular weight is 212 g/mol. The molecule has 0 spiro atoms. The lowest BCUT2D eigenvalue weighted by atomic mass is 9.79. The van der Waals surface area contributed by atoms with Crippen LogP contribution in [0.3, 0.4) is 0 Å². The fourth-order valence-electron chi connectivity index (χ4n) is 1.61. The highest BCUT2D eigenvalue weighted by atomic mass is 16.5. The van der Waals surface area contributed by atoms with E-state index in [4.69, 9.17) is 4.65 Å². The summed E-state index contributed by atoms with van der Waals surface area (Å²) in [5.74, 6) is 0. The van der Waals surface area contributed by atoms with Crippen LogP contribution in [0.4, 0.5) is 0 Å². The molecule has 16 heavy (non-hydrogen) atoms. The lowest BCUT2D eigenvalue weighted by Crippen LogP contribution is -2.31. The average Bonchev–Trinajstić information content (AvgIpc) is 2.39. The normalized spacial score (nSPS) is 10.1. The molecule has 80 valence electrons. The summed E-state index contributed by atoms with van der Waals surface area (Å²) < 4.78 is 4.84. The minimum atomic E-state index is -0.843. The van der Waals surface area contributed by atoms with Crippen LogP contribution in [0.5, 0.6) is 0 Å². The van der Waals surface area contributed by atoms with Crippen LogP contribution < -0.4 is 5.46 Å². The minimum Gasteiger partial charge on any atom is -0.423 e. The zero-order valence-electron chi connectivity index (χ0n) is 9.13. The van der Waals surface area contributed by atoms with Crippen LogP contribution in [0.1, 0.15) is 0 Å². The molecule has 1 N–H and O–H groups in total. The molecule has 0 aromatic heterocycles. The number of hydrogen-bond acceptors (Lipinski definition) is 2. The number of hydrogen-bond donors (Lipinski definition) is 1. The molecule has 2 rings (SSSR count).